The first-order chi connectivity index (χ1) is 19.6. The minimum atomic E-state index is -1.08. The Bertz CT molecular complexity index is 1300. The van der Waals surface area contributed by atoms with Gasteiger partial charge in [-0.1, -0.05) is 62.2 Å². The van der Waals surface area contributed by atoms with Crippen molar-refractivity contribution >= 4 is 23.4 Å². The van der Waals surface area contributed by atoms with E-state index in [9.17, 15) is 19.5 Å². The van der Waals surface area contributed by atoms with E-state index in [2.05, 4.69) is 17.6 Å². The number of likely N-dealkylation sites (tertiary alicyclic amines) is 1. The van der Waals surface area contributed by atoms with E-state index in [1.54, 1.807) is 4.90 Å². The summed E-state index contributed by atoms with van der Waals surface area (Å²) in [4.78, 5) is 44.0. The van der Waals surface area contributed by atoms with E-state index in [4.69, 9.17) is 4.74 Å². The summed E-state index contributed by atoms with van der Waals surface area (Å²) in [6.07, 6.45) is 3.64. The highest BCUT2D eigenvalue weighted by molar-refractivity contribution is 6.04. The number of nitrogens with one attached hydrogen (secondary N) is 2. The molecular formula is C33H43N3O5. The van der Waals surface area contributed by atoms with Crippen molar-refractivity contribution in [3.63, 3.8) is 0 Å². The summed E-state index contributed by atoms with van der Waals surface area (Å²) in [5, 5.41) is 15.4. The zero-order valence-electron chi connectivity index (χ0n) is 24.6. The molecule has 1 spiro atoms. The zero-order chi connectivity index (χ0) is 29.4. The molecule has 3 fully saturated rings. The third-order valence-electron chi connectivity index (χ3n) is 9.61. The van der Waals surface area contributed by atoms with E-state index in [1.807, 2.05) is 69.3 Å². The molecule has 5 rings (SSSR count). The Morgan fingerprint density at radius 3 is 2.51 bits per heavy atom. The van der Waals surface area contributed by atoms with Gasteiger partial charge in [-0.2, -0.15) is 0 Å². The predicted molar refractivity (Wildman–Crippen MR) is 157 cm³/mol. The summed E-state index contributed by atoms with van der Waals surface area (Å²) in [7, 11) is 0. The Kier molecular flexibility index (Phi) is 8.26. The van der Waals surface area contributed by atoms with Gasteiger partial charge in [-0.25, -0.2) is 0 Å². The Hall–Kier alpha value is -3.23. The van der Waals surface area contributed by atoms with Gasteiger partial charge < -0.3 is 25.4 Å². The molecule has 3 aliphatic rings. The van der Waals surface area contributed by atoms with Gasteiger partial charge in [0.2, 0.25) is 17.7 Å². The number of nitrogens with zero attached hydrogens (tertiary/aromatic N) is 1. The fourth-order valence-corrected chi connectivity index (χ4v) is 7.39. The van der Waals surface area contributed by atoms with Crippen LogP contribution in [0.3, 0.4) is 0 Å². The molecule has 2 aromatic carbocycles. The van der Waals surface area contributed by atoms with Crippen molar-refractivity contribution in [3.8, 4) is 0 Å². The minimum Gasteiger partial charge on any atom is -0.396 e. The third kappa shape index (κ3) is 5.17. The second kappa shape index (κ2) is 11.6. The highest BCUT2D eigenvalue weighted by Crippen LogP contribution is 2.65. The van der Waals surface area contributed by atoms with E-state index in [-0.39, 0.29) is 30.2 Å². The number of hydrogen-bond donors (Lipinski definition) is 3. The van der Waals surface area contributed by atoms with Crippen LogP contribution < -0.4 is 10.6 Å². The maximum absolute atomic E-state index is 14.3. The van der Waals surface area contributed by atoms with Gasteiger partial charge in [0.1, 0.15) is 11.6 Å². The van der Waals surface area contributed by atoms with Crippen LogP contribution in [0.5, 0.6) is 0 Å². The zero-order valence-corrected chi connectivity index (χ0v) is 24.6. The molecule has 0 aromatic heterocycles. The molecule has 3 aliphatic heterocycles. The maximum atomic E-state index is 14.3. The molecule has 0 aliphatic carbocycles. The number of aliphatic hydroxyl groups is 1. The van der Waals surface area contributed by atoms with E-state index in [0.717, 1.165) is 29.5 Å². The normalized spacial score (nSPS) is 30.0. The lowest BCUT2D eigenvalue weighted by Gasteiger charge is -2.36. The van der Waals surface area contributed by atoms with E-state index >= 15 is 0 Å². The lowest BCUT2D eigenvalue weighted by molar-refractivity contribution is -0.146. The number of ether oxygens (including phenoxy) is 1. The van der Waals surface area contributed by atoms with Gasteiger partial charge in [0.05, 0.1) is 17.4 Å². The number of carbonyl (C=O) groups excluding carboxylic acids is 3. The van der Waals surface area contributed by atoms with Crippen LogP contribution in [0.15, 0.2) is 48.5 Å². The van der Waals surface area contributed by atoms with Crippen LogP contribution in [0.25, 0.3) is 0 Å². The van der Waals surface area contributed by atoms with Crippen LogP contribution in [0.2, 0.25) is 0 Å². The minimum absolute atomic E-state index is 0.0143. The van der Waals surface area contributed by atoms with Gasteiger partial charge in [-0.05, 0) is 68.7 Å². The van der Waals surface area contributed by atoms with Crippen LogP contribution >= 0.6 is 0 Å². The van der Waals surface area contributed by atoms with Crippen LogP contribution in [-0.2, 0) is 25.7 Å². The molecule has 3 amide bonds. The molecule has 41 heavy (non-hydrogen) atoms. The lowest BCUT2D eigenvalue weighted by Crippen LogP contribution is -2.54. The SMILES string of the molecule is Cc1ccc(C)c(NC(=O)C2N(CCCCCCO)C(=O)[C@@H]3[C@H](C(=O)NCc4ccccc4)[C@@]4(C)OC23CC4C)c1. The average molecular weight is 562 g/mol. The number of aryl methyl sites for hydroxylation is 2. The highest BCUT2D eigenvalue weighted by Gasteiger charge is 2.79. The van der Waals surface area contributed by atoms with E-state index in [1.165, 1.54) is 0 Å². The molecule has 8 nitrogen and oxygen atoms in total. The number of amides is 3. The molecule has 0 radical (unpaired) electrons. The molecule has 2 bridgehead atoms. The van der Waals surface area contributed by atoms with Crippen molar-refractivity contribution in [1.82, 2.24) is 10.2 Å². The van der Waals surface area contributed by atoms with Crippen molar-refractivity contribution in [1.29, 1.82) is 0 Å². The molecule has 8 heteroatoms. The molecule has 3 N–H and O–H groups in total. The third-order valence-corrected chi connectivity index (χ3v) is 9.61. The number of anilines is 1. The molecule has 6 atom stereocenters. The summed E-state index contributed by atoms with van der Waals surface area (Å²) >= 11 is 0. The molecule has 3 unspecified atom stereocenters. The first-order valence-corrected chi connectivity index (χ1v) is 14.9. The number of unbranched alkanes of at least 4 members (excludes halogenated alkanes) is 3. The standard InChI is InChI=1S/C33H43N3O5/c1-21-14-15-22(2)25(18-21)35-30(39)28-33-19-23(3)32(4,41-33)26(29(38)34-20-24-12-8-7-9-13-24)27(33)31(40)36(28)16-10-5-6-11-17-37/h7-9,12-15,18,23,26-28,37H,5-6,10-11,16-17,19-20H2,1-4H3,(H,34,38)(H,35,39)/t23?,26-,27+,28?,32+,33?/m1/s1. The second-order valence-electron chi connectivity index (χ2n) is 12.4. The number of fused-ring (bicyclic) bond motifs is 1. The largest absolute Gasteiger partial charge is 0.396 e. The summed E-state index contributed by atoms with van der Waals surface area (Å²) < 4.78 is 6.82. The Morgan fingerprint density at radius 2 is 1.78 bits per heavy atom. The first kappa shape index (κ1) is 29.3. The Balaban J connectivity index is 1.46. The van der Waals surface area contributed by atoms with Crippen molar-refractivity contribution in [2.24, 2.45) is 17.8 Å². The summed E-state index contributed by atoms with van der Waals surface area (Å²) in [6.45, 7) is 8.82. The summed E-state index contributed by atoms with van der Waals surface area (Å²) in [6, 6.07) is 14.8. The van der Waals surface area contributed by atoms with Crippen LogP contribution in [-0.4, -0.2) is 58.1 Å². The van der Waals surface area contributed by atoms with Crippen LogP contribution in [0.1, 0.15) is 62.6 Å². The van der Waals surface area contributed by atoms with Gasteiger partial charge in [-0.3, -0.25) is 14.4 Å². The lowest BCUT2D eigenvalue weighted by atomic mass is 9.62. The fourth-order valence-electron chi connectivity index (χ4n) is 7.39. The summed E-state index contributed by atoms with van der Waals surface area (Å²) in [5.41, 5.74) is 1.73. The molecule has 3 heterocycles. The smallest absolute Gasteiger partial charge is 0.250 e. The fraction of sp³-hybridized carbons (Fsp3) is 0.545. The van der Waals surface area contributed by atoms with Gasteiger partial charge in [0.15, 0.2) is 0 Å². The Morgan fingerprint density at radius 1 is 1.05 bits per heavy atom. The maximum Gasteiger partial charge on any atom is 0.250 e. The number of hydrogen-bond acceptors (Lipinski definition) is 5. The first-order valence-electron chi connectivity index (χ1n) is 14.9. The van der Waals surface area contributed by atoms with E-state index < -0.39 is 29.1 Å². The monoisotopic (exact) mass is 561 g/mol. The topological polar surface area (TPSA) is 108 Å². The van der Waals surface area contributed by atoms with Gasteiger partial charge >= 0.3 is 0 Å². The molecule has 220 valence electrons. The average Bonchev–Trinajstić information content (AvgIpc) is 3.46. The van der Waals surface area contributed by atoms with Gasteiger partial charge in [0.25, 0.3) is 0 Å². The molecule has 3 saturated heterocycles. The van der Waals surface area contributed by atoms with E-state index in [0.29, 0.717) is 38.0 Å². The van der Waals surface area contributed by atoms with Crippen molar-refractivity contribution < 1.29 is 24.2 Å². The van der Waals surface area contributed by atoms with Crippen molar-refractivity contribution in [3.05, 3.63) is 65.2 Å². The number of aliphatic hydroxyl groups excluding tert-OH is 1. The highest BCUT2D eigenvalue weighted by atomic mass is 16.5. The molecule has 0 saturated carbocycles. The van der Waals surface area contributed by atoms with Crippen molar-refractivity contribution in [2.45, 2.75) is 83.6 Å². The van der Waals surface area contributed by atoms with Crippen LogP contribution in [0.4, 0.5) is 5.69 Å². The molecule has 2 aromatic rings. The quantitative estimate of drug-likeness (QED) is 0.358. The van der Waals surface area contributed by atoms with Gasteiger partial charge in [0, 0.05) is 25.4 Å². The Labute approximate surface area is 242 Å². The predicted octanol–water partition coefficient (Wildman–Crippen LogP) is 4.12. The number of benzene rings is 2. The second-order valence-corrected chi connectivity index (χ2v) is 12.4. The van der Waals surface area contributed by atoms with Crippen LogP contribution in [0, 0.1) is 31.6 Å². The molecular weight excluding hydrogens is 518 g/mol. The number of carbonyl (C=O) groups is 3. The summed E-state index contributed by atoms with van der Waals surface area (Å²) in [5.74, 6) is -2.10. The number of rotatable bonds is 11. The van der Waals surface area contributed by atoms with Crippen molar-refractivity contribution in [2.75, 3.05) is 18.5 Å². The van der Waals surface area contributed by atoms with Gasteiger partial charge in [-0.15, -0.1) is 0 Å².